The molecule has 3 aromatic rings. The lowest BCUT2D eigenvalue weighted by Crippen LogP contribution is -2.53. The molecule has 130 valence electrons. The Morgan fingerprint density at radius 2 is 1.96 bits per heavy atom. The molecule has 0 bridgehead atoms. The fourth-order valence-electron chi connectivity index (χ4n) is 2.96. The van der Waals surface area contributed by atoms with Gasteiger partial charge in [-0.2, -0.15) is 0 Å². The van der Waals surface area contributed by atoms with Gasteiger partial charge >= 0.3 is 5.97 Å². The molecule has 6 heteroatoms. The van der Waals surface area contributed by atoms with Crippen LogP contribution in [0.25, 0.3) is 11.0 Å². The topological polar surface area (TPSA) is 67.5 Å². The number of nitrogens with zero attached hydrogens (tertiary/aromatic N) is 2. The maximum Gasteiger partial charge on any atom is 0.334 e. The molecule has 2 heterocycles. The summed E-state index contributed by atoms with van der Waals surface area (Å²) in [5, 5.41) is 0.869. The minimum atomic E-state index is -1.05. The van der Waals surface area contributed by atoms with E-state index in [1.54, 1.807) is 18.5 Å². The Balaban J connectivity index is 2.00. The first kappa shape index (κ1) is 17.0. The smallest absolute Gasteiger partial charge is 0.334 e. The molecule has 0 aliphatic rings. The third-order valence-electron chi connectivity index (χ3n) is 4.39. The first-order valence-electron chi connectivity index (χ1n) is 7.96. The van der Waals surface area contributed by atoms with E-state index in [2.05, 4.69) is 9.97 Å². The van der Waals surface area contributed by atoms with Crippen molar-refractivity contribution in [2.45, 2.75) is 5.54 Å². The molecule has 0 aliphatic heterocycles. The number of methoxy groups -OCH3 is 1. The van der Waals surface area contributed by atoms with Crippen molar-refractivity contribution in [3.05, 3.63) is 60.4 Å². The van der Waals surface area contributed by atoms with Crippen molar-refractivity contribution in [2.24, 2.45) is 0 Å². The van der Waals surface area contributed by atoms with E-state index in [1.807, 2.05) is 55.4 Å². The molecule has 0 saturated heterocycles. The number of benzene rings is 1. The summed E-state index contributed by atoms with van der Waals surface area (Å²) in [7, 11) is 5.07. The first-order valence-corrected chi connectivity index (χ1v) is 7.96. The highest BCUT2D eigenvalue weighted by Gasteiger charge is 2.45. The maximum absolute atomic E-state index is 12.7. The molecule has 0 spiro atoms. The second kappa shape index (κ2) is 6.94. The Kier molecular flexibility index (Phi) is 4.72. The normalized spacial score (nSPS) is 13.6. The number of hydrogen-bond donors (Lipinski definition) is 1. The number of hydrogen-bond acceptors (Lipinski definition) is 5. The average molecular weight is 339 g/mol. The van der Waals surface area contributed by atoms with Gasteiger partial charge in [0.15, 0.2) is 5.54 Å². The Bertz CT molecular complexity index is 860. The zero-order chi connectivity index (χ0) is 17.9. The number of rotatable bonds is 6. The van der Waals surface area contributed by atoms with Crippen LogP contribution in [-0.4, -0.2) is 48.6 Å². The second-order valence-electron chi connectivity index (χ2n) is 5.95. The minimum absolute atomic E-state index is 0.112. The first-order chi connectivity index (χ1) is 12.1. The Hall–Kier alpha value is -2.86. The van der Waals surface area contributed by atoms with E-state index in [-0.39, 0.29) is 12.6 Å². The van der Waals surface area contributed by atoms with Gasteiger partial charge in [-0.15, -0.1) is 0 Å². The number of esters is 1. The number of likely N-dealkylation sites (N-methyl/N-ethyl adjacent to an activating group) is 1. The van der Waals surface area contributed by atoms with E-state index in [9.17, 15) is 4.79 Å². The van der Waals surface area contributed by atoms with Crippen molar-refractivity contribution in [3.63, 3.8) is 0 Å². The van der Waals surface area contributed by atoms with Gasteiger partial charge in [-0.25, -0.2) is 9.78 Å². The van der Waals surface area contributed by atoms with Crippen molar-refractivity contribution in [2.75, 3.05) is 27.8 Å². The molecule has 1 N–H and O–H groups in total. The van der Waals surface area contributed by atoms with Crippen LogP contribution in [0.2, 0.25) is 0 Å². The van der Waals surface area contributed by atoms with E-state index < -0.39 is 5.54 Å². The third-order valence-corrected chi connectivity index (χ3v) is 4.39. The van der Waals surface area contributed by atoms with Gasteiger partial charge in [0.05, 0.1) is 12.5 Å². The number of aromatic nitrogens is 2. The highest BCUT2D eigenvalue weighted by molar-refractivity contribution is 5.84. The van der Waals surface area contributed by atoms with Crippen LogP contribution in [0.4, 0.5) is 0 Å². The number of H-pyrrole nitrogens is 1. The summed E-state index contributed by atoms with van der Waals surface area (Å²) in [6, 6.07) is 13.2. The van der Waals surface area contributed by atoms with Gasteiger partial charge < -0.3 is 14.5 Å². The molecular weight excluding hydrogens is 318 g/mol. The third kappa shape index (κ3) is 2.96. The quantitative estimate of drug-likeness (QED) is 0.699. The Morgan fingerprint density at radius 3 is 2.64 bits per heavy atom. The standard InChI is InChI=1S/C19H21N3O3/c1-22(2)19(18(23)24-3,14-7-5-4-6-8-14)13-25-16-10-12-21-17-15(16)9-11-20-17/h4-12H,13H2,1-3H3,(H,20,21). The summed E-state index contributed by atoms with van der Waals surface area (Å²) >= 11 is 0. The van der Waals surface area contributed by atoms with E-state index in [0.717, 1.165) is 16.6 Å². The fraction of sp³-hybridized carbons (Fsp3) is 0.263. The summed E-state index contributed by atoms with van der Waals surface area (Å²) in [5.41, 5.74) is 0.499. The lowest BCUT2D eigenvalue weighted by molar-refractivity contribution is -0.156. The zero-order valence-corrected chi connectivity index (χ0v) is 14.5. The molecule has 0 fully saturated rings. The minimum Gasteiger partial charge on any atom is -0.490 e. The van der Waals surface area contributed by atoms with Crippen LogP contribution in [0.1, 0.15) is 5.56 Å². The molecule has 0 amide bonds. The predicted molar refractivity (Wildman–Crippen MR) is 95.4 cm³/mol. The van der Waals surface area contributed by atoms with Crippen molar-refractivity contribution < 1.29 is 14.3 Å². The summed E-state index contributed by atoms with van der Waals surface area (Å²) in [6.07, 6.45) is 3.48. The van der Waals surface area contributed by atoms with Gasteiger partial charge in [-0.1, -0.05) is 30.3 Å². The van der Waals surface area contributed by atoms with Crippen LogP contribution >= 0.6 is 0 Å². The number of carbonyl (C=O) groups excluding carboxylic acids is 1. The molecule has 6 nitrogen and oxygen atoms in total. The van der Waals surface area contributed by atoms with Gasteiger partial charge in [0.1, 0.15) is 18.0 Å². The van der Waals surface area contributed by atoms with E-state index >= 15 is 0 Å². The summed E-state index contributed by atoms with van der Waals surface area (Å²) < 4.78 is 11.2. The number of ether oxygens (including phenoxy) is 2. The lowest BCUT2D eigenvalue weighted by atomic mass is 9.89. The Labute approximate surface area is 146 Å². The monoisotopic (exact) mass is 339 g/mol. The van der Waals surface area contributed by atoms with Crippen molar-refractivity contribution in [3.8, 4) is 5.75 Å². The van der Waals surface area contributed by atoms with Crippen molar-refractivity contribution >= 4 is 17.0 Å². The molecule has 1 aromatic carbocycles. The maximum atomic E-state index is 12.7. The fourth-order valence-corrected chi connectivity index (χ4v) is 2.96. The molecule has 25 heavy (non-hydrogen) atoms. The molecule has 0 saturated carbocycles. The SMILES string of the molecule is COC(=O)C(COc1ccnc2[nH]ccc12)(c1ccccc1)N(C)C. The van der Waals surface area contributed by atoms with Crippen molar-refractivity contribution in [1.82, 2.24) is 14.9 Å². The van der Waals surface area contributed by atoms with E-state index in [0.29, 0.717) is 5.75 Å². The molecular formula is C19H21N3O3. The lowest BCUT2D eigenvalue weighted by Gasteiger charge is -2.37. The van der Waals surface area contributed by atoms with Gasteiger partial charge in [0.2, 0.25) is 0 Å². The number of fused-ring (bicyclic) bond motifs is 1. The number of pyridine rings is 1. The highest BCUT2D eigenvalue weighted by atomic mass is 16.5. The van der Waals surface area contributed by atoms with Crippen LogP contribution < -0.4 is 4.74 Å². The van der Waals surface area contributed by atoms with Gasteiger partial charge in [0, 0.05) is 12.4 Å². The van der Waals surface area contributed by atoms with Gasteiger partial charge in [-0.3, -0.25) is 4.90 Å². The molecule has 3 rings (SSSR count). The van der Waals surface area contributed by atoms with Crippen LogP contribution in [0.15, 0.2) is 54.9 Å². The number of carbonyl (C=O) groups is 1. The number of nitrogens with one attached hydrogen (secondary N) is 1. The molecule has 0 radical (unpaired) electrons. The second-order valence-corrected chi connectivity index (χ2v) is 5.95. The van der Waals surface area contributed by atoms with Crippen LogP contribution in [-0.2, 0) is 15.1 Å². The molecule has 2 aromatic heterocycles. The van der Waals surface area contributed by atoms with Crippen LogP contribution in [0, 0.1) is 0 Å². The van der Waals surface area contributed by atoms with Gasteiger partial charge in [0.25, 0.3) is 0 Å². The zero-order valence-electron chi connectivity index (χ0n) is 14.5. The largest absolute Gasteiger partial charge is 0.490 e. The summed E-state index contributed by atoms with van der Waals surface area (Å²) in [6.45, 7) is 0.112. The molecule has 0 aliphatic carbocycles. The predicted octanol–water partition coefficient (Wildman–Crippen LogP) is 2.57. The van der Waals surface area contributed by atoms with Crippen molar-refractivity contribution in [1.29, 1.82) is 0 Å². The van der Waals surface area contributed by atoms with Crippen LogP contribution in [0.5, 0.6) is 5.75 Å². The summed E-state index contributed by atoms with van der Waals surface area (Å²) in [4.78, 5) is 21.9. The Morgan fingerprint density at radius 1 is 1.20 bits per heavy atom. The average Bonchev–Trinajstić information content (AvgIpc) is 3.12. The molecule has 1 unspecified atom stereocenters. The van der Waals surface area contributed by atoms with E-state index in [1.165, 1.54) is 7.11 Å². The highest BCUT2D eigenvalue weighted by Crippen LogP contribution is 2.31. The number of aromatic amines is 1. The molecule has 1 atom stereocenters. The van der Waals surface area contributed by atoms with Crippen LogP contribution in [0.3, 0.4) is 0 Å². The van der Waals surface area contributed by atoms with Gasteiger partial charge in [-0.05, 0) is 31.8 Å². The van der Waals surface area contributed by atoms with E-state index in [4.69, 9.17) is 9.47 Å². The summed E-state index contributed by atoms with van der Waals surface area (Å²) in [5.74, 6) is 0.292.